The molecule has 0 aliphatic carbocycles. The number of anilines is 2. The van der Waals surface area contributed by atoms with Crippen LogP contribution in [0.1, 0.15) is 0 Å². The Hall–Kier alpha value is -2.22. The van der Waals surface area contributed by atoms with E-state index < -0.39 is 21.7 Å². The van der Waals surface area contributed by atoms with E-state index >= 15 is 0 Å². The van der Waals surface area contributed by atoms with E-state index in [0.717, 1.165) is 12.1 Å². The van der Waals surface area contributed by atoms with Crippen LogP contribution in [-0.4, -0.2) is 13.4 Å². The highest BCUT2D eigenvalue weighted by Crippen LogP contribution is 2.18. The van der Waals surface area contributed by atoms with E-state index in [0.29, 0.717) is 6.07 Å². The molecule has 0 amide bonds. The molecule has 0 radical (unpaired) electrons. The molecule has 0 fully saturated rings. The average molecular weight is 285 g/mol. The second-order valence-electron chi connectivity index (χ2n) is 3.65. The number of nitrogens with two attached hydrogens (primary N) is 1. The fourth-order valence-electron chi connectivity index (χ4n) is 1.32. The predicted molar refractivity (Wildman–Crippen MR) is 65.8 cm³/mol. The third-order valence-electron chi connectivity index (χ3n) is 2.24. The zero-order chi connectivity index (χ0) is 14.0. The summed E-state index contributed by atoms with van der Waals surface area (Å²) in [5, 5.41) is 0. The molecule has 0 unspecified atom stereocenters. The minimum absolute atomic E-state index is 0.166. The molecule has 5 nitrogen and oxygen atoms in total. The fourth-order valence-corrected chi connectivity index (χ4v) is 2.38. The van der Waals surface area contributed by atoms with E-state index in [1.807, 2.05) is 0 Å². The van der Waals surface area contributed by atoms with E-state index in [4.69, 9.17) is 5.73 Å². The Labute approximate surface area is 108 Å². The number of nitrogen functional groups attached to an aromatic ring is 1. The summed E-state index contributed by atoms with van der Waals surface area (Å²) < 4.78 is 51.7. The van der Waals surface area contributed by atoms with Gasteiger partial charge in [0.1, 0.15) is 5.82 Å². The van der Waals surface area contributed by atoms with Gasteiger partial charge in [0.25, 0.3) is 10.0 Å². The van der Waals surface area contributed by atoms with Gasteiger partial charge in [-0.1, -0.05) is 0 Å². The van der Waals surface area contributed by atoms with Gasteiger partial charge in [-0.2, -0.15) is 0 Å². The van der Waals surface area contributed by atoms with E-state index in [-0.39, 0.29) is 16.4 Å². The summed E-state index contributed by atoms with van der Waals surface area (Å²) in [7, 11) is -4.00. The van der Waals surface area contributed by atoms with Gasteiger partial charge in [0.2, 0.25) is 0 Å². The molecule has 1 heterocycles. The van der Waals surface area contributed by atoms with Gasteiger partial charge in [0.05, 0.1) is 16.8 Å². The zero-order valence-electron chi connectivity index (χ0n) is 9.47. The van der Waals surface area contributed by atoms with Gasteiger partial charge in [-0.25, -0.2) is 22.2 Å². The van der Waals surface area contributed by atoms with Gasteiger partial charge in [-0.05, 0) is 30.3 Å². The summed E-state index contributed by atoms with van der Waals surface area (Å²) in [6.07, 6.45) is 1.22. The predicted octanol–water partition coefficient (Wildman–Crippen LogP) is 1.74. The van der Waals surface area contributed by atoms with Crippen LogP contribution < -0.4 is 10.5 Å². The lowest BCUT2D eigenvalue weighted by molar-refractivity contribution is 0.504. The second kappa shape index (κ2) is 4.81. The Morgan fingerprint density at radius 3 is 2.42 bits per heavy atom. The largest absolute Gasteiger partial charge is 0.384 e. The molecule has 2 aromatic rings. The monoisotopic (exact) mass is 285 g/mol. The molecule has 3 N–H and O–H groups in total. The lowest BCUT2D eigenvalue weighted by Gasteiger charge is -2.08. The van der Waals surface area contributed by atoms with Crippen molar-refractivity contribution >= 4 is 21.5 Å². The van der Waals surface area contributed by atoms with Gasteiger partial charge < -0.3 is 5.73 Å². The van der Waals surface area contributed by atoms with Crippen molar-refractivity contribution in [1.82, 2.24) is 4.98 Å². The molecular formula is C11H9F2N3O2S. The van der Waals surface area contributed by atoms with Crippen molar-refractivity contribution in [2.45, 2.75) is 4.90 Å². The van der Waals surface area contributed by atoms with Crippen LogP contribution >= 0.6 is 0 Å². The van der Waals surface area contributed by atoms with Gasteiger partial charge >= 0.3 is 0 Å². The number of halogens is 2. The van der Waals surface area contributed by atoms with Crippen LogP contribution in [0.5, 0.6) is 0 Å². The molecule has 2 rings (SSSR count). The lowest BCUT2D eigenvalue weighted by Crippen LogP contribution is -2.13. The first-order valence-electron chi connectivity index (χ1n) is 5.08. The number of hydrogen-bond acceptors (Lipinski definition) is 4. The minimum atomic E-state index is -4.00. The molecule has 19 heavy (non-hydrogen) atoms. The van der Waals surface area contributed by atoms with Crippen molar-refractivity contribution in [3.63, 3.8) is 0 Å². The highest BCUT2D eigenvalue weighted by molar-refractivity contribution is 7.92. The van der Waals surface area contributed by atoms with Crippen molar-refractivity contribution < 1.29 is 17.2 Å². The summed E-state index contributed by atoms with van der Waals surface area (Å²) in [5.74, 6) is -2.12. The molecule has 8 heteroatoms. The summed E-state index contributed by atoms with van der Waals surface area (Å²) in [4.78, 5) is 3.32. The van der Waals surface area contributed by atoms with Gasteiger partial charge in [0.15, 0.2) is 11.6 Å². The maximum absolute atomic E-state index is 13.0. The number of aromatic nitrogens is 1. The Bertz CT molecular complexity index is 702. The molecule has 0 saturated heterocycles. The van der Waals surface area contributed by atoms with E-state index in [1.165, 1.54) is 18.3 Å². The van der Waals surface area contributed by atoms with Crippen molar-refractivity contribution in [2.24, 2.45) is 0 Å². The molecular weight excluding hydrogens is 276 g/mol. The first kappa shape index (κ1) is 13.2. The van der Waals surface area contributed by atoms with Gasteiger partial charge in [-0.15, -0.1) is 0 Å². The molecule has 0 saturated carbocycles. The molecule has 0 spiro atoms. The van der Waals surface area contributed by atoms with Crippen LogP contribution in [0.3, 0.4) is 0 Å². The topological polar surface area (TPSA) is 85.1 Å². The van der Waals surface area contributed by atoms with E-state index in [2.05, 4.69) is 9.71 Å². The fraction of sp³-hybridized carbons (Fsp3) is 0. The summed E-state index contributed by atoms with van der Waals surface area (Å²) in [6, 6.07) is 5.11. The van der Waals surface area contributed by atoms with Gasteiger partial charge in [0, 0.05) is 0 Å². The lowest BCUT2D eigenvalue weighted by atomic mass is 10.3. The molecule has 100 valence electrons. The van der Waals surface area contributed by atoms with Crippen molar-refractivity contribution in [1.29, 1.82) is 0 Å². The van der Waals surface area contributed by atoms with Gasteiger partial charge in [-0.3, -0.25) is 4.72 Å². The normalized spacial score (nSPS) is 11.3. The quantitative estimate of drug-likeness (QED) is 0.899. The molecule has 0 aliphatic heterocycles. The Morgan fingerprint density at radius 1 is 1.11 bits per heavy atom. The van der Waals surface area contributed by atoms with Crippen molar-refractivity contribution in [3.05, 3.63) is 48.2 Å². The van der Waals surface area contributed by atoms with Crippen LogP contribution in [0.25, 0.3) is 0 Å². The van der Waals surface area contributed by atoms with Crippen LogP contribution in [0.2, 0.25) is 0 Å². The highest BCUT2D eigenvalue weighted by Gasteiger charge is 2.16. The SMILES string of the molecule is Nc1ccc(NS(=O)(=O)c2ccc(F)c(F)c2)cn1. The Balaban J connectivity index is 2.32. The Morgan fingerprint density at radius 2 is 1.84 bits per heavy atom. The van der Waals surface area contributed by atoms with Crippen LogP contribution in [0.15, 0.2) is 41.4 Å². The van der Waals surface area contributed by atoms with Crippen molar-refractivity contribution in [3.8, 4) is 0 Å². The molecule has 1 aromatic carbocycles. The third-order valence-corrected chi connectivity index (χ3v) is 3.62. The number of rotatable bonds is 3. The minimum Gasteiger partial charge on any atom is -0.384 e. The smallest absolute Gasteiger partial charge is 0.262 e. The second-order valence-corrected chi connectivity index (χ2v) is 5.34. The molecule has 0 bridgehead atoms. The average Bonchev–Trinajstić information content (AvgIpc) is 2.35. The highest BCUT2D eigenvalue weighted by atomic mass is 32.2. The Kier molecular flexibility index (Phi) is 3.34. The first-order valence-corrected chi connectivity index (χ1v) is 6.56. The summed E-state index contributed by atoms with van der Waals surface area (Å²) >= 11 is 0. The molecule has 0 aliphatic rings. The number of benzene rings is 1. The number of nitrogens with zero attached hydrogens (tertiary/aromatic N) is 1. The maximum atomic E-state index is 13.0. The van der Waals surface area contributed by atoms with E-state index in [1.54, 1.807) is 0 Å². The summed E-state index contributed by atoms with van der Waals surface area (Å²) in [5.41, 5.74) is 5.52. The zero-order valence-corrected chi connectivity index (χ0v) is 10.3. The first-order chi connectivity index (χ1) is 8.88. The van der Waals surface area contributed by atoms with Crippen molar-refractivity contribution in [2.75, 3.05) is 10.5 Å². The van der Waals surface area contributed by atoms with Crippen LogP contribution in [0, 0.1) is 11.6 Å². The third kappa shape index (κ3) is 2.97. The number of pyridine rings is 1. The molecule has 0 atom stereocenters. The number of hydrogen-bond donors (Lipinski definition) is 2. The summed E-state index contributed by atoms with van der Waals surface area (Å²) in [6.45, 7) is 0. The number of sulfonamides is 1. The standard InChI is InChI=1S/C11H9F2N3O2S/c12-9-3-2-8(5-10(9)13)19(17,18)16-7-1-4-11(14)15-6-7/h1-6,16H,(H2,14,15). The molecule has 1 aromatic heterocycles. The number of nitrogens with one attached hydrogen (secondary N) is 1. The maximum Gasteiger partial charge on any atom is 0.262 e. The van der Waals surface area contributed by atoms with Crippen LogP contribution in [-0.2, 0) is 10.0 Å². The van der Waals surface area contributed by atoms with E-state index in [9.17, 15) is 17.2 Å². The van der Waals surface area contributed by atoms with Crippen LogP contribution in [0.4, 0.5) is 20.3 Å².